The molecule has 6 nitrogen and oxygen atoms in total. The number of rotatable bonds is 6. The summed E-state index contributed by atoms with van der Waals surface area (Å²) in [5.74, 6) is 2.29. The smallest absolute Gasteiger partial charge is 0.321 e. The summed E-state index contributed by atoms with van der Waals surface area (Å²) in [5.41, 5.74) is 2.11. The molecule has 1 aromatic heterocycles. The highest BCUT2D eigenvalue weighted by atomic mass is 32.2. The molecule has 26 heavy (non-hydrogen) atoms. The van der Waals surface area contributed by atoms with Crippen LogP contribution in [0.5, 0.6) is 0 Å². The Morgan fingerprint density at radius 1 is 1.38 bits per heavy atom. The number of anilines is 1. The van der Waals surface area contributed by atoms with Crippen molar-refractivity contribution >= 4 is 23.5 Å². The van der Waals surface area contributed by atoms with E-state index in [0.29, 0.717) is 6.54 Å². The Balaban J connectivity index is 1.67. The van der Waals surface area contributed by atoms with Crippen LogP contribution in [0.2, 0.25) is 0 Å². The zero-order valence-corrected chi connectivity index (χ0v) is 16.3. The molecule has 2 heterocycles. The number of urea groups is 1. The molecular weight excluding hydrogens is 346 g/mol. The molecule has 0 radical (unpaired) electrons. The van der Waals surface area contributed by atoms with Gasteiger partial charge in [-0.05, 0) is 49.8 Å². The lowest BCUT2D eigenvalue weighted by molar-refractivity contribution is 0.190. The minimum Gasteiger partial charge on any atom is -0.324 e. The van der Waals surface area contributed by atoms with Crippen molar-refractivity contribution in [1.29, 1.82) is 0 Å². The summed E-state index contributed by atoms with van der Waals surface area (Å²) >= 11 is 1.82. The van der Waals surface area contributed by atoms with Gasteiger partial charge >= 0.3 is 6.03 Å². The van der Waals surface area contributed by atoms with Gasteiger partial charge in [-0.3, -0.25) is 0 Å². The van der Waals surface area contributed by atoms with Crippen LogP contribution in [0, 0.1) is 0 Å². The number of hydrogen-bond acceptors (Lipinski definition) is 4. The maximum absolute atomic E-state index is 12.8. The van der Waals surface area contributed by atoms with E-state index in [-0.39, 0.29) is 11.9 Å². The number of thioether (sulfide) groups is 1. The molecule has 1 aliphatic rings. The number of hydrogen-bond donors (Lipinski definition) is 1. The molecule has 1 fully saturated rings. The van der Waals surface area contributed by atoms with Gasteiger partial charge in [0.2, 0.25) is 0 Å². The van der Waals surface area contributed by atoms with Gasteiger partial charge < -0.3 is 14.8 Å². The number of para-hydroxylation sites is 1. The number of aromatic nitrogens is 3. The first-order valence-electron chi connectivity index (χ1n) is 9.23. The highest BCUT2D eigenvalue weighted by molar-refractivity contribution is 7.98. The lowest BCUT2D eigenvalue weighted by atomic mass is 9.97. The van der Waals surface area contributed by atoms with Crippen molar-refractivity contribution in [3.05, 3.63) is 42.0 Å². The molecule has 1 aliphatic heterocycles. The molecule has 2 aromatic rings. The van der Waals surface area contributed by atoms with Crippen LogP contribution in [0.4, 0.5) is 10.5 Å². The zero-order chi connectivity index (χ0) is 18.4. The maximum atomic E-state index is 12.8. The number of likely N-dealkylation sites (tertiary alicyclic amines) is 1. The Hall–Kier alpha value is -2.02. The summed E-state index contributed by atoms with van der Waals surface area (Å²) in [7, 11) is 0. The summed E-state index contributed by atoms with van der Waals surface area (Å²) in [6.45, 7) is 4.42. The van der Waals surface area contributed by atoms with Crippen molar-refractivity contribution in [3.63, 3.8) is 0 Å². The van der Waals surface area contributed by atoms with Crippen LogP contribution in [-0.4, -0.2) is 50.8 Å². The van der Waals surface area contributed by atoms with Crippen LogP contribution in [-0.2, 0) is 13.0 Å². The first-order valence-corrected chi connectivity index (χ1v) is 10.6. The number of carbonyl (C=O) groups is 1. The fourth-order valence-electron chi connectivity index (χ4n) is 3.46. The van der Waals surface area contributed by atoms with Crippen molar-refractivity contribution in [2.45, 2.75) is 38.6 Å². The summed E-state index contributed by atoms with van der Waals surface area (Å²) in [6, 6.07) is 8.06. The van der Waals surface area contributed by atoms with E-state index in [9.17, 15) is 4.79 Å². The summed E-state index contributed by atoms with van der Waals surface area (Å²) < 4.78 is 2.07. The van der Waals surface area contributed by atoms with Gasteiger partial charge in [-0.2, -0.15) is 11.8 Å². The number of carbonyl (C=O) groups excluding carboxylic acids is 1. The average molecular weight is 374 g/mol. The predicted molar refractivity (Wildman–Crippen MR) is 107 cm³/mol. The third-order valence-corrected chi connectivity index (χ3v) is 5.51. The van der Waals surface area contributed by atoms with Crippen molar-refractivity contribution in [2.75, 3.05) is 30.4 Å². The fraction of sp³-hybridized carbons (Fsp3) is 0.526. The van der Waals surface area contributed by atoms with Crippen LogP contribution in [0.3, 0.4) is 0 Å². The predicted octanol–water partition coefficient (Wildman–Crippen LogP) is 3.62. The van der Waals surface area contributed by atoms with Gasteiger partial charge in [-0.25, -0.2) is 4.79 Å². The van der Waals surface area contributed by atoms with Crippen LogP contribution in [0.15, 0.2) is 30.6 Å². The van der Waals surface area contributed by atoms with E-state index in [1.54, 1.807) is 6.33 Å². The summed E-state index contributed by atoms with van der Waals surface area (Å²) in [6.07, 6.45) is 6.87. The number of nitrogens with zero attached hydrogens (tertiary/aromatic N) is 4. The Labute approximate surface area is 159 Å². The first kappa shape index (κ1) is 18.8. The Morgan fingerprint density at radius 2 is 2.23 bits per heavy atom. The quantitative estimate of drug-likeness (QED) is 0.840. The highest BCUT2D eigenvalue weighted by Crippen LogP contribution is 2.26. The zero-order valence-electron chi connectivity index (χ0n) is 15.5. The molecule has 0 saturated carbocycles. The SMILES string of the molecule is CCn1cnnc1C1CCCN(C(=O)Nc2ccccc2CCSC)C1. The van der Waals surface area contributed by atoms with Gasteiger partial charge in [-0.15, -0.1) is 10.2 Å². The second kappa shape index (κ2) is 9.07. The average Bonchev–Trinajstić information content (AvgIpc) is 3.16. The highest BCUT2D eigenvalue weighted by Gasteiger charge is 2.28. The lowest BCUT2D eigenvalue weighted by Gasteiger charge is -2.32. The minimum atomic E-state index is -0.0196. The maximum Gasteiger partial charge on any atom is 0.321 e. The van der Waals surface area contributed by atoms with Crippen LogP contribution in [0.1, 0.15) is 37.1 Å². The Bertz CT molecular complexity index is 732. The second-order valence-corrected chi connectivity index (χ2v) is 7.58. The van der Waals surface area contributed by atoms with Gasteiger partial charge in [0.05, 0.1) is 0 Å². The minimum absolute atomic E-state index is 0.0196. The topological polar surface area (TPSA) is 63.1 Å². The molecule has 1 N–H and O–H groups in total. The van der Waals surface area contributed by atoms with E-state index in [1.165, 1.54) is 5.56 Å². The Kier molecular flexibility index (Phi) is 6.55. The molecule has 0 bridgehead atoms. The van der Waals surface area contributed by atoms with Crippen LogP contribution >= 0.6 is 11.8 Å². The summed E-state index contributed by atoms with van der Waals surface area (Å²) in [4.78, 5) is 14.7. The molecule has 1 atom stereocenters. The summed E-state index contributed by atoms with van der Waals surface area (Å²) in [5, 5.41) is 11.4. The molecule has 0 aliphatic carbocycles. The molecule has 2 amide bonds. The third-order valence-electron chi connectivity index (χ3n) is 4.89. The molecule has 3 rings (SSSR count). The molecule has 7 heteroatoms. The molecule has 1 saturated heterocycles. The third kappa shape index (κ3) is 4.38. The first-order chi connectivity index (χ1) is 12.7. The molecule has 1 aromatic carbocycles. The van der Waals surface area contributed by atoms with E-state index >= 15 is 0 Å². The second-order valence-electron chi connectivity index (χ2n) is 6.59. The Morgan fingerprint density at radius 3 is 3.04 bits per heavy atom. The number of benzene rings is 1. The lowest BCUT2D eigenvalue weighted by Crippen LogP contribution is -2.42. The van der Waals surface area contributed by atoms with E-state index in [2.05, 4.69) is 39.3 Å². The van der Waals surface area contributed by atoms with Gasteiger partial charge in [0.1, 0.15) is 12.2 Å². The molecule has 140 valence electrons. The molecule has 1 unspecified atom stereocenters. The van der Waals surface area contributed by atoms with E-state index in [4.69, 9.17) is 0 Å². The normalized spacial score (nSPS) is 17.3. The number of nitrogens with one attached hydrogen (secondary N) is 1. The van der Waals surface area contributed by atoms with Gasteiger partial charge in [0.15, 0.2) is 0 Å². The van der Waals surface area contributed by atoms with Crippen molar-refractivity contribution in [3.8, 4) is 0 Å². The molecular formula is C19H27N5OS. The standard InChI is InChI=1S/C19H27N5OS/c1-3-23-14-20-22-18(23)16-8-6-11-24(13-16)19(25)21-17-9-5-4-7-15(17)10-12-26-2/h4-5,7,9,14,16H,3,6,8,10-13H2,1-2H3,(H,21,25). The van der Waals surface area contributed by atoms with E-state index in [0.717, 1.165) is 49.6 Å². The number of amides is 2. The van der Waals surface area contributed by atoms with Crippen LogP contribution < -0.4 is 5.32 Å². The van der Waals surface area contributed by atoms with Crippen LogP contribution in [0.25, 0.3) is 0 Å². The number of aryl methyl sites for hydroxylation is 2. The monoisotopic (exact) mass is 373 g/mol. The van der Waals surface area contributed by atoms with Crippen molar-refractivity contribution in [1.82, 2.24) is 19.7 Å². The van der Waals surface area contributed by atoms with Gasteiger partial charge in [0, 0.05) is 31.2 Å². The van der Waals surface area contributed by atoms with Crippen molar-refractivity contribution in [2.24, 2.45) is 0 Å². The van der Waals surface area contributed by atoms with Gasteiger partial charge in [0.25, 0.3) is 0 Å². The van der Waals surface area contributed by atoms with Crippen molar-refractivity contribution < 1.29 is 4.79 Å². The fourth-order valence-corrected chi connectivity index (χ4v) is 3.89. The van der Waals surface area contributed by atoms with E-state index < -0.39 is 0 Å². The number of piperidine rings is 1. The van der Waals surface area contributed by atoms with E-state index in [1.807, 2.05) is 34.9 Å². The molecule has 0 spiro atoms. The van der Waals surface area contributed by atoms with Gasteiger partial charge in [-0.1, -0.05) is 18.2 Å². The largest absolute Gasteiger partial charge is 0.324 e.